The second-order valence-corrected chi connectivity index (χ2v) is 5.64. The van der Waals surface area contributed by atoms with E-state index in [1.165, 1.54) is 4.90 Å². The molecule has 1 aliphatic rings. The zero-order valence-electron chi connectivity index (χ0n) is 11.3. The van der Waals surface area contributed by atoms with Gasteiger partial charge in [-0.2, -0.15) is 0 Å². The molecule has 2 aromatic rings. The first-order valence-electron chi connectivity index (χ1n) is 6.40. The Hall–Kier alpha value is -2.40. The average molecular weight is 296 g/mol. The van der Waals surface area contributed by atoms with Crippen molar-refractivity contribution in [1.82, 2.24) is 4.98 Å². The lowest BCUT2D eigenvalue weighted by molar-refractivity contribution is -0.113. The molecule has 1 saturated heterocycles. The molecule has 1 aromatic heterocycles. The van der Waals surface area contributed by atoms with E-state index < -0.39 is 0 Å². The lowest BCUT2D eigenvalue weighted by atomic mass is 10.2. The number of hydrogen-bond acceptors (Lipinski definition) is 4. The zero-order valence-corrected chi connectivity index (χ0v) is 12.1. The smallest absolute Gasteiger partial charge is 0.268 e. The van der Waals surface area contributed by atoms with Gasteiger partial charge in [-0.1, -0.05) is 18.2 Å². The molecule has 2 heterocycles. The molecule has 104 valence electrons. The second kappa shape index (κ2) is 5.54. The normalized spacial score (nSPS) is 16.8. The third kappa shape index (κ3) is 2.73. The summed E-state index contributed by atoms with van der Waals surface area (Å²) in [6.07, 6.45) is 5.00. The molecule has 1 aromatic carbocycles. The van der Waals surface area contributed by atoms with E-state index in [9.17, 15) is 9.59 Å². The fourth-order valence-corrected chi connectivity index (χ4v) is 2.91. The Balaban J connectivity index is 1.94. The summed E-state index contributed by atoms with van der Waals surface area (Å²) in [5, 5.41) is -0.277. The second-order valence-electron chi connectivity index (χ2n) is 4.64. The van der Waals surface area contributed by atoms with Gasteiger partial charge >= 0.3 is 0 Å². The van der Waals surface area contributed by atoms with Crippen LogP contribution in [0.5, 0.6) is 0 Å². The molecular weight excluding hydrogens is 284 g/mol. The van der Waals surface area contributed by atoms with E-state index in [4.69, 9.17) is 0 Å². The van der Waals surface area contributed by atoms with Crippen LogP contribution >= 0.6 is 11.8 Å². The molecule has 0 bridgehead atoms. The first-order valence-corrected chi connectivity index (χ1v) is 7.21. The van der Waals surface area contributed by atoms with Crippen molar-refractivity contribution in [2.75, 3.05) is 4.90 Å². The predicted molar refractivity (Wildman–Crippen MR) is 83.9 cm³/mol. The van der Waals surface area contributed by atoms with Crippen LogP contribution in [0.1, 0.15) is 11.1 Å². The fourth-order valence-electron chi connectivity index (χ4n) is 2.07. The summed E-state index contributed by atoms with van der Waals surface area (Å²) in [4.78, 5) is 30.2. The maximum atomic E-state index is 12.4. The summed E-state index contributed by atoms with van der Waals surface area (Å²) >= 11 is 0.948. The maximum Gasteiger partial charge on any atom is 0.298 e. The summed E-state index contributed by atoms with van der Waals surface area (Å²) < 4.78 is 0. The Bertz CT molecular complexity index is 741. The SMILES string of the molecule is Cc1cccc(N2C(=O)S/C(=C\c3cccnc3)C2=O)c1. The van der Waals surface area contributed by atoms with Gasteiger partial charge in [-0.25, -0.2) is 4.90 Å². The van der Waals surface area contributed by atoms with Gasteiger partial charge < -0.3 is 0 Å². The number of imide groups is 1. The summed E-state index contributed by atoms with van der Waals surface area (Å²) in [6.45, 7) is 1.92. The Morgan fingerprint density at radius 3 is 2.76 bits per heavy atom. The van der Waals surface area contributed by atoms with E-state index in [-0.39, 0.29) is 11.1 Å². The Labute approximate surface area is 126 Å². The summed E-state index contributed by atoms with van der Waals surface area (Å²) in [5.41, 5.74) is 2.40. The Morgan fingerprint density at radius 1 is 1.19 bits per heavy atom. The number of pyridine rings is 1. The first-order chi connectivity index (χ1) is 10.1. The topological polar surface area (TPSA) is 50.3 Å². The molecule has 3 rings (SSSR count). The molecule has 1 aliphatic heterocycles. The van der Waals surface area contributed by atoms with Gasteiger partial charge in [0.1, 0.15) is 0 Å². The molecule has 0 unspecified atom stereocenters. The number of benzene rings is 1. The molecule has 2 amide bonds. The maximum absolute atomic E-state index is 12.4. The predicted octanol–water partition coefficient (Wildman–Crippen LogP) is 3.63. The van der Waals surface area contributed by atoms with Crippen molar-refractivity contribution >= 4 is 34.7 Å². The lowest BCUT2D eigenvalue weighted by Gasteiger charge is -2.12. The monoisotopic (exact) mass is 296 g/mol. The van der Waals surface area contributed by atoms with E-state index in [1.807, 2.05) is 31.2 Å². The third-order valence-electron chi connectivity index (χ3n) is 3.04. The highest BCUT2D eigenvalue weighted by molar-refractivity contribution is 8.19. The number of rotatable bonds is 2. The number of carbonyl (C=O) groups excluding carboxylic acids is 2. The van der Waals surface area contributed by atoms with Gasteiger partial charge in [-0.15, -0.1) is 0 Å². The molecule has 0 aliphatic carbocycles. The van der Waals surface area contributed by atoms with Crippen molar-refractivity contribution in [2.45, 2.75) is 6.92 Å². The molecule has 0 atom stereocenters. The van der Waals surface area contributed by atoms with Crippen LogP contribution in [-0.4, -0.2) is 16.1 Å². The van der Waals surface area contributed by atoms with Crippen molar-refractivity contribution in [2.24, 2.45) is 0 Å². The number of carbonyl (C=O) groups is 2. The molecular formula is C16H12N2O2S. The molecule has 0 N–H and O–H groups in total. The van der Waals surface area contributed by atoms with Crippen LogP contribution in [0, 0.1) is 6.92 Å². The molecule has 21 heavy (non-hydrogen) atoms. The summed E-state index contributed by atoms with van der Waals surface area (Å²) in [7, 11) is 0. The van der Waals surface area contributed by atoms with Gasteiger partial charge in [-0.3, -0.25) is 14.6 Å². The molecule has 0 saturated carbocycles. The van der Waals surface area contributed by atoms with E-state index in [1.54, 1.807) is 30.6 Å². The Kier molecular flexibility index (Phi) is 3.58. The Morgan fingerprint density at radius 2 is 2.05 bits per heavy atom. The average Bonchev–Trinajstić information content (AvgIpc) is 2.74. The van der Waals surface area contributed by atoms with Crippen LogP contribution in [0.4, 0.5) is 10.5 Å². The zero-order chi connectivity index (χ0) is 14.8. The molecule has 5 heteroatoms. The van der Waals surface area contributed by atoms with Crippen LogP contribution in [-0.2, 0) is 4.79 Å². The van der Waals surface area contributed by atoms with E-state index in [2.05, 4.69) is 4.98 Å². The van der Waals surface area contributed by atoms with Gasteiger partial charge in [-0.05, 0) is 54.1 Å². The molecule has 1 fully saturated rings. The fraction of sp³-hybridized carbons (Fsp3) is 0.0625. The minimum Gasteiger partial charge on any atom is -0.268 e. The number of thioether (sulfide) groups is 1. The van der Waals surface area contributed by atoms with Gasteiger partial charge in [0.2, 0.25) is 0 Å². The van der Waals surface area contributed by atoms with Crippen LogP contribution in [0.25, 0.3) is 6.08 Å². The number of hydrogen-bond donors (Lipinski definition) is 0. The van der Waals surface area contributed by atoms with Crippen molar-refractivity contribution in [1.29, 1.82) is 0 Å². The highest BCUT2D eigenvalue weighted by Gasteiger charge is 2.36. The highest BCUT2D eigenvalue weighted by atomic mass is 32.2. The number of anilines is 1. The minimum absolute atomic E-state index is 0.277. The van der Waals surface area contributed by atoms with Gasteiger partial charge in [0, 0.05) is 12.4 Å². The van der Waals surface area contributed by atoms with E-state index >= 15 is 0 Å². The van der Waals surface area contributed by atoms with E-state index in [0.717, 1.165) is 22.9 Å². The molecule has 4 nitrogen and oxygen atoms in total. The van der Waals surface area contributed by atoms with Gasteiger partial charge in [0.05, 0.1) is 10.6 Å². The molecule has 0 radical (unpaired) electrons. The highest BCUT2D eigenvalue weighted by Crippen LogP contribution is 2.35. The van der Waals surface area contributed by atoms with Crippen LogP contribution in [0.2, 0.25) is 0 Å². The summed E-state index contributed by atoms with van der Waals surface area (Å²) in [5.74, 6) is -0.292. The van der Waals surface area contributed by atoms with Crippen LogP contribution < -0.4 is 4.90 Å². The third-order valence-corrected chi connectivity index (χ3v) is 3.91. The quantitative estimate of drug-likeness (QED) is 0.794. The van der Waals surface area contributed by atoms with Crippen molar-refractivity contribution in [3.05, 3.63) is 64.8 Å². The molecule has 0 spiro atoms. The van der Waals surface area contributed by atoms with Crippen molar-refractivity contribution in [3.63, 3.8) is 0 Å². The number of aryl methyl sites for hydroxylation is 1. The van der Waals surface area contributed by atoms with Crippen LogP contribution in [0.3, 0.4) is 0 Å². The largest absolute Gasteiger partial charge is 0.298 e. The summed E-state index contributed by atoms with van der Waals surface area (Å²) in [6, 6.07) is 11.0. The number of aromatic nitrogens is 1. The number of amides is 2. The first kappa shape index (κ1) is 13.6. The standard InChI is InChI=1S/C16H12N2O2S/c1-11-4-2-6-13(8-11)18-15(19)14(21-16(18)20)9-12-5-3-7-17-10-12/h2-10H,1H3/b14-9-. The van der Waals surface area contributed by atoms with Gasteiger partial charge in [0.25, 0.3) is 11.1 Å². The van der Waals surface area contributed by atoms with Crippen molar-refractivity contribution < 1.29 is 9.59 Å². The number of nitrogens with zero attached hydrogens (tertiary/aromatic N) is 2. The van der Waals surface area contributed by atoms with Crippen LogP contribution in [0.15, 0.2) is 53.7 Å². The van der Waals surface area contributed by atoms with Crippen molar-refractivity contribution in [3.8, 4) is 0 Å². The minimum atomic E-state index is -0.292. The van der Waals surface area contributed by atoms with E-state index in [0.29, 0.717) is 10.6 Å². The van der Waals surface area contributed by atoms with Gasteiger partial charge in [0.15, 0.2) is 0 Å². The lowest BCUT2D eigenvalue weighted by Crippen LogP contribution is -2.27.